The average molecular weight is 370 g/mol. The first-order valence-electron chi connectivity index (χ1n) is 8.71. The number of amides is 2. The fourth-order valence-corrected chi connectivity index (χ4v) is 3.45. The van der Waals surface area contributed by atoms with Crippen LogP contribution in [-0.2, 0) is 16.1 Å². The van der Waals surface area contributed by atoms with E-state index in [-0.39, 0.29) is 24.8 Å². The molecule has 2 amide bonds. The Morgan fingerprint density at radius 2 is 1.96 bits per heavy atom. The highest BCUT2D eigenvalue weighted by Gasteiger charge is 2.43. The lowest BCUT2D eigenvalue weighted by atomic mass is 9.80. The molecule has 142 valence electrons. The van der Waals surface area contributed by atoms with E-state index in [9.17, 15) is 22.8 Å². The van der Waals surface area contributed by atoms with Crippen LogP contribution in [0.15, 0.2) is 24.3 Å². The number of carbonyl (C=O) groups excluding carboxylic acids is 2. The van der Waals surface area contributed by atoms with Gasteiger partial charge in [-0.15, -0.1) is 0 Å². The summed E-state index contributed by atoms with van der Waals surface area (Å²) in [6, 6.07) is 6.94. The van der Waals surface area contributed by atoms with E-state index in [0.717, 1.165) is 5.56 Å². The van der Waals surface area contributed by atoms with Crippen LogP contribution in [0.2, 0.25) is 0 Å². The maximum atomic E-state index is 12.9. The van der Waals surface area contributed by atoms with Crippen LogP contribution in [0.3, 0.4) is 0 Å². The standard InChI is InChI=1S/C18H21F3N2O3/c19-18(20,21)14-3-1-2-13(10-14)16(24)22-15-6-4-12(5-7-15)11-23-8-9-26-17(23)25/h4-7,13-14H,1-3,8-11H2,(H,22,24). The number of halogens is 3. The number of hydrogen-bond donors (Lipinski definition) is 1. The van der Waals surface area contributed by atoms with Crippen molar-refractivity contribution in [2.24, 2.45) is 11.8 Å². The molecule has 1 aromatic rings. The topological polar surface area (TPSA) is 58.6 Å². The molecule has 2 unspecified atom stereocenters. The van der Waals surface area contributed by atoms with Crippen molar-refractivity contribution in [3.8, 4) is 0 Å². The van der Waals surface area contributed by atoms with Gasteiger partial charge in [-0.05, 0) is 37.0 Å². The van der Waals surface area contributed by atoms with Gasteiger partial charge in [0.05, 0.1) is 12.5 Å². The molecule has 3 rings (SSSR count). The summed E-state index contributed by atoms with van der Waals surface area (Å²) in [5.41, 5.74) is 1.42. The Labute approximate surface area is 149 Å². The van der Waals surface area contributed by atoms with Crippen LogP contribution in [-0.4, -0.2) is 36.2 Å². The number of carbonyl (C=O) groups is 2. The lowest BCUT2D eigenvalue weighted by molar-refractivity contribution is -0.185. The fourth-order valence-electron chi connectivity index (χ4n) is 3.45. The summed E-state index contributed by atoms with van der Waals surface area (Å²) in [6.45, 7) is 1.34. The Morgan fingerprint density at radius 3 is 2.58 bits per heavy atom. The molecule has 1 heterocycles. The van der Waals surface area contributed by atoms with E-state index in [0.29, 0.717) is 38.2 Å². The van der Waals surface area contributed by atoms with Crippen molar-refractivity contribution in [3.63, 3.8) is 0 Å². The largest absolute Gasteiger partial charge is 0.448 e. The van der Waals surface area contributed by atoms with Crippen LogP contribution in [0.4, 0.5) is 23.7 Å². The predicted molar refractivity (Wildman–Crippen MR) is 88.3 cm³/mol. The van der Waals surface area contributed by atoms with E-state index in [4.69, 9.17) is 4.74 Å². The van der Waals surface area contributed by atoms with E-state index in [1.165, 1.54) is 0 Å². The van der Waals surface area contributed by atoms with Crippen molar-refractivity contribution in [1.29, 1.82) is 0 Å². The maximum absolute atomic E-state index is 12.9. The molecule has 1 N–H and O–H groups in total. The van der Waals surface area contributed by atoms with Crippen LogP contribution in [0.1, 0.15) is 31.2 Å². The molecule has 2 atom stereocenters. The Balaban J connectivity index is 1.55. The van der Waals surface area contributed by atoms with Crippen molar-refractivity contribution in [2.45, 2.75) is 38.4 Å². The van der Waals surface area contributed by atoms with Crippen LogP contribution in [0, 0.1) is 11.8 Å². The van der Waals surface area contributed by atoms with E-state index < -0.39 is 18.0 Å². The van der Waals surface area contributed by atoms with Crippen LogP contribution in [0.5, 0.6) is 0 Å². The van der Waals surface area contributed by atoms with E-state index in [1.807, 2.05) is 0 Å². The van der Waals surface area contributed by atoms with Crippen LogP contribution in [0.25, 0.3) is 0 Å². The van der Waals surface area contributed by atoms with Crippen molar-refractivity contribution in [2.75, 3.05) is 18.5 Å². The highest BCUT2D eigenvalue weighted by atomic mass is 19.4. The normalized spacial score (nSPS) is 23.7. The maximum Gasteiger partial charge on any atom is 0.410 e. The Morgan fingerprint density at radius 1 is 1.23 bits per heavy atom. The predicted octanol–water partition coefficient (Wildman–Crippen LogP) is 3.95. The van der Waals surface area contributed by atoms with Gasteiger partial charge >= 0.3 is 12.3 Å². The van der Waals surface area contributed by atoms with Gasteiger partial charge < -0.3 is 15.0 Å². The number of nitrogens with zero attached hydrogens (tertiary/aromatic N) is 1. The van der Waals surface area contributed by atoms with Gasteiger partial charge in [0.2, 0.25) is 5.91 Å². The molecule has 26 heavy (non-hydrogen) atoms. The molecule has 1 aliphatic carbocycles. The van der Waals surface area contributed by atoms with Crippen molar-refractivity contribution in [3.05, 3.63) is 29.8 Å². The van der Waals surface area contributed by atoms with Crippen LogP contribution >= 0.6 is 0 Å². The highest BCUT2D eigenvalue weighted by Crippen LogP contribution is 2.40. The van der Waals surface area contributed by atoms with E-state index in [2.05, 4.69) is 5.32 Å². The van der Waals surface area contributed by atoms with E-state index in [1.54, 1.807) is 29.2 Å². The molecular formula is C18H21F3N2O3. The zero-order valence-corrected chi connectivity index (χ0v) is 14.2. The second-order valence-electron chi connectivity index (χ2n) is 6.82. The molecular weight excluding hydrogens is 349 g/mol. The highest BCUT2D eigenvalue weighted by molar-refractivity contribution is 5.92. The summed E-state index contributed by atoms with van der Waals surface area (Å²) in [7, 11) is 0. The SMILES string of the molecule is O=C(Nc1ccc(CN2CCOC2=O)cc1)C1CCCC(C(F)(F)F)C1. The molecule has 1 saturated heterocycles. The Bertz CT molecular complexity index is 661. The van der Waals surface area contributed by atoms with Gasteiger partial charge in [0, 0.05) is 18.2 Å². The fraction of sp³-hybridized carbons (Fsp3) is 0.556. The van der Waals surface area contributed by atoms with Gasteiger partial charge in [0.25, 0.3) is 0 Å². The molecule has 0 aromatic heterocycles. The molecule has 0 radical (unpaired) electrons. The minimum absolute atomic E-state index is 0.0981. The van der Waals surface area contributed by atoms with Crippen molar-refractivity contribution < 1.29 is 27.5 Å². The molecule has 1 aliphatic heterocycles. The lowest BCUT2D eigenvalue weighted by Gasteiger charge is -2.29. The Kier molecular flexibility index (Phi) is 5.38. The average Bonchev–Trinajstić information content (AvgIpc) is 3.01. The second kappa shape index (κ2) is 7.55. The minimum atomic E-state index is -4.24. The van der Waals surface area contributed by atoms with Gasteiger partial charge in [-0.2, -0.15) is 13.2 Å². The van der Waals surface area contributed by atoms with E-state index >= 15 is 0 Å². The van der Waals surface area contributed by atoms with Crippen LogP contribution < -0.4 is 5.32 Å². The molecule has 5 nitrogen and oxygen atoms in total. The number of ether oxygens (including phenoxy) is 1. The molecule has 2 aliphatic rings. The first-order chi connectivity index (χ1) is 12.3. The Hall–Kier alpha value is -2.25. The molecule has 0 spiro atoms. The van der Waals surface area contributed by atoms with Crippen molar-refractivity contribution >= 4 is 17.7 Å². The summed E-state index contributed by atoms with van der Waals surface area (Å²) >= 11 is 0. The number of benzene rings is 1. The molecule has 1 aromatic carbocycles. The molecule has 0 bridgehead atoms. The number of nitrogens with one attached hydrogen (secondary N) is 1. The number of rotatable bonds is 4. The zero-order valence-electron chi connectivity index (χ0n) is 14.2. The first kappa shape index (κ1) is 18.5. The van der Waals surface area contributed by atoms with Gasteiger partial charge in [-0.1, -0.05) is 18.6 Å². The number of cyclic esters (lactones) is 1. The molecule has 1 saturated carbocycles. The molecule has 8 heteroatoms. The smallest absolute Gasteiger partial charge is 0.410 e. The zero-order chi connectivity index (χ0) is 18.7. The third kappa shape index (κ3) is 4.47. The number of hydrogen-bond acceptors (Lipinski definition) is 3. The minimum Gasteiger partial charge on any atom is -0.448 e. The number of alkyl halides is 3. The van der Waals surface area contributed by atoms with Gasteiger partial charge in [-0.3, -0.25) is 4.79 Å². The first-order valence-corrected chi connectivity index (χ1v) is 8.71. The third-order valence-electron chi connectivity index (χ3n) is 4.95. The van der Waals surface area contributed by atoms with Gasteiger partial charge in [0.15, 0.2) is 0 Å². The summed E-state index contributed by atoms with van der Waals surface area (Å²) in [5, 5.41) is 2.70. The van der Waals surface area contributed by atoms with Crippen molar-refractivity contribution in [1.82, 2.24) is 4.90 Å². The monoisotopic (exact) mass is 370 g/mol. The number of anilines is 1. The summed E-state index contributed by atoms with van der Waals surface area (Å²) in [6.07, 6.45) is -3.75. The third-order valence-corrected chi connectivity index (χ3v) is 4.95. The summed E-state index contributed by atoms with van der Waals surface area (Å²) in [4.78, 5) is 25.3. The van der Waals surface area contributed by atoms with Gasteiger partial charge in [-0.25, -0.2) is 4.79 Å². The summed E-state index contributed by atoms with van der Waals surface area (Å²) < 4.78 is 43.5. The van der Waals surface area contributed by atoms with Gasteiger partial charge in [0.1, 0.15) is 6.61 Å². The quantitative estimate of drug-likeness (QED) is 0.873. The molecule has 2 fully saturated rings. The summed E-state index contributed by atoms with van der Waals surface area (Å²) in [5.74, 6) is -2.38. The lowest BCUT2D eigenvalue weighted by Crippen LogP contribution is -2.34. The second-order valence-corrected chi connectivity index (χ2v) is 6.82.